The standard InChI is InChI=1S/C46H32/c1-3-30(4-2)32-22-24-33(25-23-32)40-29-44-45(38-19-9-8-16-35(38)40)39-27-26-34(31-14-6-5-7-15-31)28-43(39)46(44)41-20-12-10-17-36(41)37-18-11-13-21-42(37)46/h3-29H,1H2,2H3/b30-4+. The van der Waals surface area contributed by atoms with Crippen molar-refractivity contribution >= 4 is 16.3 Å². The lowest BCUT2D eigenvalue weighted by atomic mass is 9.69. The molecule has 1 spiro atoms. The molecule has 7 aromatic carbocycles. The zero-order chi connectivity index (χ0) is 30.8. The summed E-state index contributed by atoms with van der Waals surface area (Å²) in [5, 5.41) is 2.57. The van der Waals surface area contributed by atoms with Crippen LogP contribution in [0.5, 0.6) is 0 Å². The van der Waals surface area contributed by atoms with Crippen molar-refractivity contribution < 1.29 is 0 Å². The normalized spacial score (nSPS) is 13.7. The van der Waals surface area contributed by atoms with Gasteiger partial charge in [0.05, 0.1) is 5.41 Å². The van der Waals surface area contributed by atoms with Gasteiger partial charge in [0.15, 0.2) is 0 Å². The fourth-order valence-corrected chi connectivity index (χ4v) is 8.29. The van der Waals surface area contributed by atoms with Crippen LogP contribution in [0.1, 0.15) is 34.7 Å². The van der Waals surface area contributed by atoms with Gasteiger partial charge in [-0.05, 0) is 108 Å². The molecule has 0 N–H and O–H groups in total. The highest BCUT2D eigenvalue weighted by atomic mass is 14.5. The Kier molecular flexibility index (Phi) is 5.89. The summed E-state index contributed by atoms with van der Waals surface area (Å²) in [5.41, 5.74) is 17.6. The van der Waals surface area contributed by atoms with Crippen molar-refractivity contribution in [3.8, 4) is 44.5 Å². The molecule has 0 radical (unpaired) electrons. The van der Waals surface area contributed by atoms with Gasteiger partial charge in [-0.1, -0.05) is 158 Å². The third kappa shape index (κ3) is 3.56. The van der Waals surface area contributed by atoms with Crippen LogP contribution in [-0.4, -0.2) is 0 Å². The minimum atomic E-state index is -0.428. The van der Waals surface area contributed by atoms with E-state index in [1.807, 2.05) is 6.08 Å². The van der Waals surface area contributed by atoms with Gasteiger partial charge in [0.25, 0.3) is 0 Å². The van der Waals surface area contributed by atoms with E-state index >= 15 is 0 Å². The quantitative estimate of drug-likeness (QED) is 0.181. The second-order valence-corrected chi connectivity index (χ2v) is 12.4. The lowest BCUT2D eigenvalue weighted by Gasteiger charge is -2.31. The molecule has 0 bridgehead atoms. The lowest BCUT2D eigenvalue weighted by molar-refractivity contribution is 0.795. The third-order valence-electron chi connectivity index (χ3n) is 10.3. The van der Waals surface area contributed by atoms with E-state index in [0.717, 1.165) is 5.57 Å². The van der Waals surface area contributed by atoms with Crippen molar-refractivity contribution in [2.24, 2.45) is 0 Å². The number of fused-ring (bicyclic) bond motifs is 12. The maximum atomic E-state index is 4.02. The van der Waals surface area contributed by atoms with Crippen LogP contribution in [0.4, 0.5) is 0 Å². The van der Waals surface area contributed by atoms with E-state index in [1.165, 1.54) is 83.1 Å². The van der Waals surface area contributed by atoms with Crippen LogP contribution in [0, 0.1) is 0 Å². The Hall–Kier alpha value is -5.72. The molecule has 2 aliphatic rings. The summed E-state index contributed by atoms with van der Waals surface area (Å²) < 4.78 is 0. The minimum Gasteiger partial charge on any atom is -0.0985 e. The van der Waals surface area contributed by atoms with E-state index in [1.54, 1.807) is 0 Å². The molecular formula is C46H32. The van der Waals surface area contributed by atoms with Crippen molar-refractivity contribution in [1.29, 1.82) is 0 Å². The Labute approximate surface area is 270 Å². The lowest BCUT2D eigenvalue weighted by Crippen LogP contribution is -2.26. The fraction of sp³-hybridized carbons (Fsp3) is 0.0435. The van der Waals surface area contributed by atoms with Crippen molar-refractivity contribution in [1.82, 2.24) is 0 Å². The van der Waals surface area contributed by atoms with Crippen LogP contribution in [-0.2, 0) is 5.41 Å². The average Bonchev–Trinajstić information content (AvgIpc) is 3.59. The highest BCUT2D eigenvalue weighted by Crippen LogP contribution is 2.64. The van der Waals surface area contributed by atoms with Crippen LogP contribution >= 0.6 is 0 Å². The second kappa shape index (κ2) is 10.2. The molecular weight excluding hydrogens is 553 g/mol. The van der Waals surface area contributed by atoms with Crippen LogP contribution in [0.3, 0.4) is 0 Å². The fourth-order valence-electron chi connectivity index (χ4n) is 8.29. The zero-order valence-corrected chi connectivity index (χ0v) is 25.8. The molecule has 0 amide bonds. The first-order valence-corrected chi connectivity index (χ1v) is 16.1. The molecule has 0 unspecified atom stereocenters. The van der Waals surface area contributed by atoms with Crippen molar-refractivity contribution in [2.45, 2.75) is 12.3 Å². The first-order valence-electron chi connectivity index (χ1n) is 16.1. The SMILES string of the molecule is C=C/C(=C\C)c1ccc(-c2cc3c(c4ccccc24)-c2ccc(-c4ccccc4)cc2C32c3ccccc3-c3ccccc32)cc1. The van der Waals surface area contributed by atoms with Crippen molar-refractivity contribution in [3.63, 3.8) is 0 Å². The largest absolute Gasteiger partial charge is 0.0985 e. The Bertz CT molecular complexity index is 2320. The third-order valence-corrected chi connectivity index (χ3v) is 10.3. The topological polar surface area (TPSA) is 0 Å². The van der Waals surface area contributed by atoms with Gasteiger partial charge in [-0.25, -0.2) is 0 Å². The number of rotatable bonds is 4. The second-order valence-electron chi connectivity index (χ2n) is 12.4. The molecule has 2 aliphatic carbocycles. The molecule has 9 rings (SSSR count). The molecule has 0 nitrogen and oxygen atoms in total. The molecule has 0 aromatic heterocycles. The number of hydrogen-bond donors (Lipinski definition) is 0. The van der Waals surface area contributed by atoms with Crippen LogP contribution in [0.15, 0.2) is 170 Å². The van der Waals surface area contributed by atoms with E-state index in [9.17, 15) is 0 Å². The highest BCUT2D eigenvalue weighted by Gasteiger charge is 2.52. The minimum absolute atomic E-state index is 0.428. The van der Waals surface area contributed by atoms with Gasteiger partial charge in [-0.3, -0.25) is 0 Å². The highest BCUT2D eigenvalue weighted by molar-refractivity contribution is 6.11. The predicted octanol–water partition coefficient (Wildman–Crippen LogP) is 12.1. The summed E-state index contributed by atoms with van der Waals surface area (Å²) in [5.74, 6) is 0. The summed E-state index contributed by atoms with van der Waals surface area (Å²) in [6, 6.07) is 56.6. The maximum Gasteiger partial charge on any atom is 0.0726 e. The number of benzene rings is 7. The van der Waals surface area contributed by atoms with Gasteiger partial charge in [0.1, 0.15) is 0 Å². The summed E-state index contributed by atoms with van der Waals surface area (Å²) >= 11 is 0. The number of allylic oxidation sites excluding steroid dienone is 3. The number of hydrogen-bond acceptors (Lipinski definition) is 0. The molecule has 216 valence electrons. The Morgan fingerprint density at radius 2 is 1.09 bits per heavy atom. The zero-order valence-electron chi connectivity index (χ0n) is 25.8. The summed E-state index contributed by atoms with van der Waals surface area (Å²) in [6.07, 6.45) is 4.05. The molecule has 0 fully saturated rings. The molecule has 46 heavy (non-hydrogen) atoms. The summed E-state index contributed by atoms with van der Waals surface area (Å²) in [4.78, 5) is 0. The van der Waals surface area contributed by atoms with E-state index in [4.69, 9.17) is 0 Å². The van der Waals surface area contributed by atoms with Gasteiger partial charge < -0.3 is 0 Å². The molecule has 0 saturated heterocycles. The van der Waals surface area contributed by atoms with Crippen LogP contribution in [0.25, 0.3) is 60.9 Å². The van der Waals surface area contributed by atoms with E-state index < -0.39 is 5.41 Å². The smallest absolute Gasteiger partial charge is 0.0726 e. The van der Waals surface area contributed by atoms with E-state index in [-0.39, 0.29) is 0 Å². The maximum absolute atomic E-state index is 4.02. The Morgan fingerprint density at radius 3 is 1.76 bits per heavy atom. The molecule has 0 heteroatoms. The summed E-state index contributed by atoms with van der Waals surface area (Å²) in [6.45, 7) is 6.09. The molecule has 0 aliphatic heterocycles. The monoisotopic (exact) mass is 584 g/mol. The van der Waals surface area contributed by atoms with Crippen LogP contribution in [0.2, 0.25) is 0 Å². The molecule has 0 heterocycles. The van der Waals surface area contributed by atoms with Gasteiger partial charge in [-0.2, -0.15) is 0 Å². The summed E-state index contributed by atoms with van der Waals surface area (Å²) in [7, 11) is 0. The van der Waals surface area contributed by atoms with Gasteiger partial charge in [0, 0.05) is 0 Å². The first kappa shape index (κ1) is 26.7. The Morgan fingerprint density at radius 1 is 0.478 bits per heavy atom. The van der Waals surface area contributed by atoms with E-state index in [0.29, 0.717) is 0 Å². The van der Waals surface area contributed by atoms with Gasteiger partial charge in [-0.15, -0.1) is 0 Å². The van der Waals surface area contributed by atoms with E-state index in [2.05, 4.69) is 171 Å². The molecule has 0 saturated carbocycles. The van der Waals surface area contributed by atoms with Gasteiger partial charge in [0.2, 0.25) is 0 Å². The first-order chi connectivity index (χ1) is 22.7. The Balaban J connectivity index is 1.41. The molecule has 0 atom stereocenters. The average molecular weight is 585 g/mol. The molecule has 7 aromatic rings. The van der Waals surface area contributed by atoms with Crippen molar-refractivity contribution in [3.05, 3.63) is 198 Å². The van der Waals surface area contributed by atoms with Crippen molar-refractivity contribution in [2.75, 3.05) is 0 Å². The van der Waals surface area contributed by atoms with Crippen LogP contribution < -0.4 is 0 Å². The predicted molar refractivity (Wildman–Crippen MR) is 195 cm³/mol. The van der Waals surface area contributed by atoms with Gasteiger partial charge >= 0.3 is 0 Å².